The molecule has 0 N–H and O–H groups in total. The minimum Gasteiger partial charge on any atom is -0.368 e. The van der Waals surface area contributed by atoms with Crippen LogP contribution in [0.5, 0.6) is 0 Å². The van der Waals surface area contributed by atoms with E-state index in [2.05, 4.69) is 72.2 Å². The van der Waals surface area contributed by atoms with Gasteiger partial charge in [0, 0.05) is 44.0 Å². The molecular weight excluding hydrogens is 411 g/mol. The highest BCUT2D eigenvalue weighted by Gasteiger charge is 2.20. The molecular formula is C26H28Cl2N2. The molecule has 4 rings (SSSR count). The van der Waals surface area contributed by atoms with E-state index in [9.17, 15) is 0 Å². The Hall–Kier alpha value is -2.00. The molecule has 0 unspecified atom stereocenters. The summed E-state index contributed by atoms with van der Waals surface area (Å²) >= 11 is 12.2. The highest BCUT2D eigenvalue weighted by atomic mass is 35.5. The summed E-state index contributed by atoms with van der Waals surface area (Å²) in [6, 6.07) is 21.5. The van der Waals surface area contributed by atoms with Crippen LogP contribution in [0.4, 0.5) is 5.69 Å². The Morgan fingerprint density at radius 1 is 0.767 bits per heavy atom. The maximum Gasteiger partial charge on any atom is 0.0595 e. The van der Waals surface area contributed by atoms with Gasteiger partial charge in [-0.05, 0) is 55.2 Å². The van der Waals surface area contributed by atoms with Gasteiger partial charge in [-0.25, -0.2) is 0 Å². The molecule has 156 valence electrons. The number of piperazine rings is 1. The SMILES string of the molecule is Cc1ccc(-c2ccccc2N2CCN(CCc3ccc(Cl)c(Cl)c3)CC2)c(C)c1. The van der Waals surface area contributed by atoms with E-state index in [0.717, 1.165) is 39.1 Å². The van der Waals surface area contributed by atoms with E-state index in [1.54, 1.807) is 0 Å². The summed E-state index contributed by atoms with van der Waals surface area (Å²) < 4.78 is 0. The van der Waals surface area contributed by atoms with E-state index < -0.39 is 0 Å². The van der Waals surface area contributed by atoms with Crippen molar-refractivity contribution in [1.82, 2.24) is 4.90 Å². The molecule has 1 heterocycles. The van der Waals surface area contributed by atoms with Crippen LogP contribution in [0, 0.1) is 13.8 Å². The maximum absolute atomic E-state index is 6.16. The van der Waals surface area contributed by atoms with Crippen molar-refractivity contribution in [3.05, 3.63) is 87.4 Å². The number of hydrogen-bond acceptors (Lipinski definition) is 2. The number of anilines is 1. The monoisotopic (exact) mass is 438 g/mol. The average molecular weight is 439 g/mol. The van der Waals surface area contributed by atoms with Crippen molar-refractivity contribution in [1.29, 1.82) is 0 Å². The van der Waals surface area contributed by atoms with Crippen LogP contribution in [0.1, 0.15) is 16.7 Å². The second kappa shape index (κ2) is 9.43. The number of hydrogen-bond donors (Lipinski definition) is 0. The zero-order chi connectivity index (χ0) is 21.1. The van der Waals surface area contributed by atoms with Gasteiger partial charge in [-0.15, -0.1) is 0 Å². The van der Waals surface area contributed by atoms with Gasteiger partial charge in [-0.3, -0.25) is 4.90 Å². The van der Waals surface area contributed by atoms with Crippen LogP contribution in [0.25, 0.3) is 11.1 Å². The van der Waals surface area contributed by atoms with Crippen LogP contribution in [0.2, 0.25) is 10.0 Å². The molecule has 0 aliphatic carbocycles. The van der Waals surface area contributed by atoms with Gasteiger partial charge in [0.25, 0.3) is 0 Å². The predicted octanol–water partition coefficient (Wildman–Crippen LogP) is 6.64. The molecule has 3 aromatic rings. The molecule has 0 atom stereocenters. The number of halogens is 2. The quantitative estimate of drug-likeness (QED) is 0.440. The summed E-state index contributed by atoms with van der Waals surface area (Å²) in [6.07, 6.45) is 0.996. The van der Waals surface area contributed by atoms with Crippen molar-refractivity contribution in [2.45, 2.75) is 20.3 Å². The summed E-state index contributed by atoms with van der Waals surface area (Å²) in [5.74, 6) is 0. The van der Waals surface area contributed by atoms with Gasteiger partial charge in [0.15, 0.2) is 0 Å². The minimum atomic E-state index is 0.622. The van der Waals surface area contributed by atoms with Gasteiger partial charge < -0.3 is 4.90 Å². The van der Waals surface area contributed by atoms with Crippen LogP contribution < -0.4 is 4.90 Å². The highest BCUT2D eigenvalue weighted by Crippen LogP contribution is 2.33. The molecule has 1 saturated heterocycles. The van der Waals surface area contributed by atoms with Gasteiger partial charge in [0.2, 0.25) is 0 Å². The second-order valence-electron chi connectivity index (χ2n) is 8.16. The fourth-order valence-electron chi connectivity index (χ4n) is 4.29. The first-order valence-electron chi connectivity index (χ1n) is 10.6. The predicted molar refractivity (Wildman–Crippen MR) is 130 cm³/mol. The van der Waals surface area contributed by atoms with Crippen molar-refractivity contribution in [3.8, 4) is 11.1 Å². The van der Waals surface area contributed by atoms with E-state index in [0.29, 0.717) is 10.0 Å². The number of benzene rings is 3. The minimum absolute atomic E-state index is 0.622. The maximum atomic E-state index is 6.16. The molecule has 0 saturated carbocycles. The van der Waals surface area contributed by atoms with Crippen LogP contribution in [0.3, 0.4) is 0 Å². The number of aryl methyl sites for hydroxylation is 2. The molecule has 0 aromatic heterocycles. The van der Waals surface area contributed by atoms with Crippen LogP contribution in [-0.2, 0) is 6.42 Å². The molecule has 1 fully saturated rings. The third-order valence-corrected chi connectivity index (χ3v) is 6.73. The lowest BCUT2D eigenvalue weighted by atomic mass is 9.96. The van der Waals surface area contributed by atoms with Gasteiger partial charge in [-0.2, -0.15) is 0 Å². The van der Waals surface area contributed by atoms with E-state index >= 15 is 0 Å². The smallest absolute Gasteiger partial charge is 0.0595 e. The zero-order valence-electron chi connectivity index (χ0n) is 17.7. The molecule has 1 aliphatic heterocycles. The molecule has 0 amide bonds. The van der Waals surface area contributed by atoms with Crippen LogP contribution in [-0.4, -0.2) is 37.6 Å². The van der Waals surface area contributed by atoms with Crippen molar-refractivity contribution in [3.63, 3.8) is 0 Å². The standard InChI is InChI=1S/C26H28Cl2N2/c1-19-7-9-22(20(2)17-19)23-5-3-4-6-26(23)30-15-13-29(14-16-30)12-11-21-8-10-24(27)25(28)18-21/h3-10,17-18H,11-16H2,1-2H3. The summed E-state index contributed by atoms with van der Waals surface area (Å²) in [6.45, 7) is 9.64. The topological polar surface area (TPSA) is 6.48 Å². The normalized spacial score (nSPS) is 14.9. The molecule has 0 bridgehead atoms. The third kappa shape index (κ3) is 4.83. The lowest BCUT2D eigenvalue weighted by molar-refractivity contribution is 0.261. The van der Waals surface area contributed by atoms with Gasteiger partial charge in [0.1, 0.15) is 0 Å². The van der Waals surface area contributed by atoms with Crippen molar-refractivity contribution in [2.75, 3.05) is 37.6 Å². The van der Waals surface area contributed by atoms with Crippen molar-refractivity contribution in [2.24, 2.45) is 0 Å². The number of nitrogens with zero attached hydrogens (tertiary/aromatic N) is 2. The Bertz CT molecular complexity index is 1020. The van der Waals surface area contributed by atoms with E-state index in [4.69, 9.17) is 23.2 Å². The summed E-state index contributed by atoms with van der Waals surface area (Å²) in [5, 5.41) is 1.26. The second-order valence-corrected chi connectivity index (χ2v) is 8.98. The Morgan fingerprint density at radius 2 is 1.53 bits per heavy atom. The Kier molecular flexibility index (Phi) is 6.67. The zero-order valence-corrected chi connectivity index (χ0v) is 19.2. The highest BCUT2D eigenvalue weighted by molar-refractivity contribution is 6.42. The van der Waals surface area contributed by atoms with Gasteiger partial charge in [0.05, 0.1) is 10.0 Å². The van der Waals surface area contributed by atoms with Crippen LogP contribution >= 0.6 is 23.2 Å². The van der Waals surface area contributed by atoms with E-state index in [1.807, 2.05) is 12.1 Å². The Labute approximate surface area is 190 Å². The van der Waals surface area contributed by atoms with Crippen LogP contribution in [0.15, 0.2) is 60.7 Å². The van der Waals surface area contributed by atoms with Crippen molar-refractivity contribution < 1.29 is 0 Å². The lowest BCUT2D eigenvalue weighted by Crippen LogP contribution is -2.47. The summed E-state index contributed by atoms with van der Waals surface area (Å²) in [4.78, 5) is 5.07. The molecule has 0 spiro atoms. The molecule has 30 heavy (non-hydrogen) atoms. The molecule has 2 nitrogen and oxygen atoms in total. The molecule has 0 radical (unpaired) electrons. The number of para-hydroxylation sites is 1. The average Bonchev–Trinajstić information content (AvgIpc) is 2.75. The summed E-state index contributed by atoms with van der Waals surface area (Å²) in [7, 11) is 0. The first kappa shape index (κ1) is 21.2. The lowest BCUT2D eigenvalue weighted by Gasteiger charge is -2.37. The first-order chi connectivity index (χ1) is 14.5. The van der Waals surface area contributed by atoms with E-state index in [1.165, 1.54) is 33.5 Å². The van der Waals surface area contributed by atoms with E-state index in [-0.39, 0.29) is 0 Å². The van der Waals surface area contributed by atoms with Gasteiger partial charge in [-0.1, -0.05) is 71.2 Å². The molecule has 4 heteroatoms. The largest absolute Gasteiger partial charge is 0.368 e. The fourth-order valence-corrected chi connectivity index (χ4v) is 4.61. The fraction of sp³-hybridized carbons (Fsp3) is 0.308. The van der Waals surface area contributed by atoms with Gasteiger partial charge >= 0.3 is 0 Å². The first-order valence-corrected chi connectivity index (χ1v) is 11.3. The number of rotatable bonds is 5. The molecule has 3 aromatic carbocycles. The Balaban J connectivity index is 1.41. The Morgan fingerprint density at radius 3 is 2.27 bits per heavy atom. The van der Waals surface area contributed by atoms with Crippen molar-refractivity contribution >= 4 is 28.9 Å². The third-order valence-electron chi connectivity index (χ3n) is 5.99. The molecule has 1 aliphatic rings. The summed E-state index contributed by atoms with van der Waals surface area (Å²) in [5.41, 5.74) is 7.89.